The number of aryl methyl sites for hydroxylation is 1. The molecule has 0 unspecified atom stereocenters. The number of halogens is 2. The molecule has 0 bridgehead atoms. The molecule has 4 rings (SSSR count). The molecule has 1 aromatic heterocycles. The van der Waals surface area contributed by atoms with E-state index < -0.39 is 0 Å². The van der Waals surface area contributed by atoms with E-state index >= 15 is 0 Å². The molecule has 26 heavy (non-hydrogen) atoms. The second kappa shape index (κ2) is 7.33. The number of rotatable bonds is 2. The molecule has 0 atom stereocenters. The quantitative estimate of drug-likeness (QED) is 0.792. The molecule has 0 saturated carbocycles. The summed E-state index contributed by atoms with van der Waals surface area (Å²) >= 11 is 0. The van der Waals surface area contributed by atoms with Crippen LogP contribution in [0.2, 0.25) is 0 Å². The maximum absolute atomic E-state index is 13.7. The number of hydrogen-bond acceptors (Lipinski definition) is 4. The van der Waals surface area contributed by atoms with E-state index in [0.717, 1.165) is 52.0 Å². The van der Waals surface area contributed by atoms with Crippen LogP contribution in [0.1, 0.15) is 44.2 Å². The average molecular weight is 385 g/mol. The number of aromatic nitrogens is 1. The summed E-state index contributed by atoms with van der Waals surface area (Å²) in [6.45, 7) is 7.60. The van der Waals surface area contributed by atoms with Crippen molar-refractivity contribution in [3.63, 3.8) is 0 Å². The van der Waals surface area contributed by atoms with Gasteiger partial charge in [-0.15, -0.1) is 12.4 Å². The standard InChI is InChI=1S/C19H25FN2O3.ClH/c1-13-11-16-17(12-15(13)20)25-18(23)22(16)14-3-7-21(8-4-14)19(2)5-9-24-10-6-19;/h11-12,14H,3-10H2,1-2H3;1H. The monoisotopic (exact) mass is 384 g/mol. The Morgan fingerprint density at radius 1 is 1.19 bits per heavy atom. The number of nitrogens with zero attached hydrogens (tertiary/aromatic N) is 2. The van der Waals surface area contributed by atoms with Crippen LogP contribution < -0.4 is 5.76 Å². The number of benzene rings is 1. The summed E-state index contributed by atoms with van der Waals surface area (Å²) in [5.41, 5.74) is 1.78. The molecule has 2 aliphatic heterocycles. The second-order valence-corrected chi connectivity index (χ2v) is 7.63. The number of fused-ring (bicyclic) bond motifs is 1. The number of ether oxygens (including phenoxy) is 1. The lowest BCUT2D eigenvalue weighted by Gasteiger charge is -2.47. The fourth-order valence-electron chi connectivity index (χ4n) is 4.30. The van der Waals surface area contributed by atoms with E-state index in [1.807, 2.05) is 0 Å². The topological polar surface area (TPSA) is 47.6 Å². The van der Waals surface area contributed by atoms with Gasteiger partial charge in [0.25, 0.3) is 0 Å². The lowest BCUT2D eigenvalue weighted by Crippen LogP contribution is -2.53. The Hall–Kier alpha value is -1.37. The van der Waals surface area contributed by atoms with Crippen molar-refractivity contribution < 1.29 is 13.5 Å². The van der Waals surface area contributed by atoms with Crippen molar-refractivity contribution in [3.05, 3.63) is 34.1 Å². The van der Waals surface area contributed by atoms with Gasteiger partial charge in [-0.3, -0.25) is 9.47 Å². The average Bonchev–Trinajstić information content (AvgIpc) is 2.91. The van der Waals surface area contributed by atoms with Gasteiger partial charge in [0, 0.05) is 44.0 Å². The van der Waals surface area contributed by atoms with Crippen LogP contribution in [0.3, 0.4) is 0 Å². The maximum atomic E-state index is 13.7. The molecule has 144 valence electrons. The number of oxazole rings is 1. The summed E-state index contributed by atoms with van der Waals surface area (Å²) in [7, 11) is 0. The Morgan fingerprint density at radius 3 is 2.50 bits per heavy atom. The van der Waals surface area contributed by atoms with Crippen molar-refractivity contribution in [2.24, 2.45) is 0 Å². The first-order valence-electron chi connectivity index (χ1n) is 9.12. The third kappa shape index (κ3) is 3.30. The van der Waals surface area contributed by atoms with Gasteiger partial charge in [-0.05, 0) is 51.2 Å². The molecule has 3 heterocycles. The summed E-state index contributed by atoms with van der Waals surface area (Å²) in [6, 6.07) is 3.15. The van der Waals surface area contributed by atoms with Crippen molar-refractivity contribution in [2.45, 2.75) is 51.1 Å². The van der Waals surface area contributed by atoms with E-state index in [1.54, 1.807) is 17.6 Å². The van der Waals surface area contributed by atoms with Gasteiger partial charge < -0.3 is 9.15 Å². The van der Waals surface area contributed by atoms with Crippen molar-refractivity contribution in [1.29, 1.82) is 0 Å². The predicted octanol–water partition coefficient (Wildman–Crippen LogP) is 3.67. The van der Waals surface area contributed by atoms with Crippen molar-refractivity contribution in [3.8, 4) is 0 Å². The molecule has 0 aliphatic carbocycles. The van der Waals surface area contributed by atoms with Crippen LogP contribution in [0.25, 0.3) is 11.1 Å². The summed E-state index contributed by atoms with van der Waals surface area (Å²) in [5.74, 6) is -0.716. The first kappa shape index (κ1) is 19.4. The van der Waals surface area contributed by atoms with Crippen LogP contribution >= 0.6 is 12.4 Å². The van der Waals surface area contributed by atoms with Gasteiger partial charge in [0.1, 0.15) is 5.82 Å². The highest BCUT2D eigenvalue weighted by atomic mass is 35.5. The number of piperidine rings is 1. The van der Waals surface area contributed by atoms with Crippen LogP contribution in [0.4, 0.5) is 4.39 Å². The molecular formula is C19H26ClFN2O3. The zero-order valence-corrected chi connectivity index (χ0v) is 16.1. The molecule has 0 amide bonds. The molecule has 5 nitrogen and oxygen atoms in total. The van der Waals surface area contributed by atoms with Crippen LogP contribution in [-0.4, -0.2) is 41.3 Å². The Kier molecular flexibility index (Phi) is 5.47. The SMILES string of the molecule is Cc1cc2c(cc1F)oc(=O)n2C1CCN(C2(C)CCOCC2)CC1.Cl. The molecule has 0 radical (unpaired) electrons. The Labute approximate surface area is 158 Å². The Balaban J connectivity index is 0.00000196. The fraction of sp³-hybridized carbons (Fsp3) is 0.632. The summed E-state index contributed by atoms with van der Waals surface area (Å²) < 4.78 is 26.3. The first-order valence-corrected chi connectivity index (χ1v) is 9.12. The normalized spacial score (nSPS) is 21.7. The second-order valence-electron chi connectivity index (χ2n) is 7.63. The van der Waals surface area contributed by atoms with E-state index in [-0.39, 0.29) is 35.6 Å². The van der Waals surface area contributed by atoms with Gasteiger partial charge in [-0.2, -0.15) is 0 Å². The minimum Gasteiger partial charge on any atom is -0.408 e. The van der Waals surface area contributed by atoms with Gasteiger partial charge in [0.05, 0.1) is 5.52 Å². The maximum Gasteiger partial charge on any atom is 0.420 e. The zero-order chi connectivity index (χ0) is 17.6. The van der Waals surface area contributed by atoms with E-state index in [0.29, 0.717) is 16.7 Å². The van der Waals surface area contributed by atoms with Crippen molar-refractivity contribution in [2.75, 3.05) is 26.3 Å². The van der Waals surface area contributed by atoms with Gasteiger partial charge in [0.2, 0.25) is 0 Å². The van der Waals surface area contributed by atoms with Crippen molar-refractivity contribution >= 4 is 23.5 Å². The van der Waals surface area contributed by atoms with Gasteiger partial charge >= 0.3 is 5.76 Å². The number of hydrogen-bond donors (Lipinski definition) is 0. The van der Waals surface area contributed by atoms with Crippen LogP contribution in [0.15, 0.2) is 21.3 Å². The summed E-state index contributed by atoms with van der Waals surface area (Å²) in [4.78, 5) is 14.9. The highest BCUT2D eigenvalue weighted by Gasteiger charge is 2.36. The highest BCUT2D eigenvalue weighted by Crippen LogP contribution is 2.34. The molecule has 0 N–H and O–H groups in total. The van der Waals surface area contributed by atoms with E-state index in [9.17, 15) is 9.18 Å². The largest absolute Gasteiger partial charge is 0.420 e. The molecule has 0 spiro atoms. The fourth-order valence-corrected chi connectivity index (χ4v) is 4.30. The smallest absolute Gasteiger partial charge is 0.408 e. The summed E-state index contributed by atoms with van der Waals surface area (Å²) in [6.07, 6.45) is 3.93. The zero-order valence-electron chi connectivity index (χ0n) is 15.3. The van der Waals surface area contributed by atoms with E-state index in [2.05, 4.69) is 11.8 Å². The van der Waals surface area contributed by atoms with Gasteiger partial charge in [-0.25, -0.2) is 9.18 Å². The molecule has 2 aliphatic rings. The lowest BCUT2D eigenvalue weighted by molar-refractivity contribution is -0.0313. The van der Waals surface area contributed by atoms with Crippen LogP contribution in [-0.2, 0) is 4.74 Å². The third-order valence-corrected chi connectivity index (χ3v) is 6.06. The number of likely N-dealkylation sites (tertiary alicyclic amines) is 1. The molecule has 7 heteroatoms. The predicted molar refractivity (Wildman–Crippen MR) is 101 cm³/mol. The Bertz CT molecular complexity index is 833. The van der Waals surface area contributed by atoms with Crippen LogP contribution in [0.5, 0.6) is 0 Å². The lowest BCUT2D eigenvalue weighted by atomic mass is 9.87. The van der Waals surface area contributed by atoms with Crippen LogP contribution in [0, 0.1) is 12.7 Å². The minimum absolute atomic E-state index is 0. The third-order valence-electron chi connectivity index (χ3n) is 6.06. The van der Waals surface area contributed by atoms with E-state index in [4.69, 9.17) is 9.15 Å². The molecular weight excluding hydrogens is 359 g/mol. The minimum atomic E-state index is -0.379. The van der Waals surface area contributed by atoms with Gasteiger partial charge in [0.15, 0.2) is 5.58 Å². The molecule has 2 aromatic rings. The summed E-state index contributed by atoms with van der Waals surface area (Å²) in [5, 5.41) is 0. The highest BCUT2D eigenvalue weighted by molar-refractivity contribution is 5.85. The first-order chi connectivity index (χ1) is 12.0. The molecule has 2 saturated heterocycles. The van der Waals surface area contributed by atoms with Gasteiger partial charge in [-0.1, -0.05) is 0 Å². The van der Waals surface area contributed by atoms with E-state index in [1.165, 1.54) is 6.07 Å². The Morgan fingerprint density at radius 2 is 1.85 bits per heavy atom. The van der Waals surface area contributed by atoms with Crippen molar-refractivity contribution in [1.82, 2.24) is 9.47 Å². The molecule has 2 fully saturated rings. The molecule has 1 aromatic carbocycles.